The summed E-state index contributed by atoms with van der Waals surface area (Å²) in [5, 5.41) is 3.44. The first-order valence-electron chi connectivity index (χ1n) is 6.41. The number of fused-ring (bicyclic) bond motifs is 2. The summed E-state index contributed by atoms with van der Waals surface area (Å²) >= 11 is 0. The maximum Gasteiger partial charge on any atom is 0.228 e. The van der Waals surface area contributed by atoms with Gasteiger partial charge >= 0.3 is 0 Å². The Bertz CT molecular complexity index is 480. The summed E-state index contributed by atoms with van der Waals surface area (Å²) in [5.41, 5.74) is 1.21. The minimum absolute atomic E-state index is 0.254. The van der Waals surface area contributed by atoms with Crippen LogP contribution in [0, 0.1) is 18.3 Å². The molecule has 3 heterocycles. The molecule has 2 aliphatic heterocycles. The van der Waals surface area contributed by atoms with Crippen molar-refractivity contribution < 1.29 is 4.39 Å². The maximum atomic E-state index is 13.3. The molecule has 0 amide bonds. The predicted molar refractivity (Wildman–Crippen MR) is 68.9 cm³/mol. The average molecular weight is 245 g/mol. The number of hydrogen-bond acceptors (Lipinski definition) is 3. The fourth-order valence-corrected chi connectivity index (χ4v) is 3.08. The standard InChI is InChI=1S/C14H16FN3/c1-2-10-7-13(9-17-14(10)15)18-11-3-4-12(18)8-16-6-5-11/h1,7,9,11-12,16H,3-6,8H2/t11-,12+/m0/s1. The van der Waals surface area contributed by atoms with E-state index in [0.717, 1.165) is 25.2 Å². The molecule has 1 aromatic heterocycles. The second-order valence-corrected chi connectivity index (χ2v) is 4.96. The molecule has 3 rings (SSSR count). The molecule has 18 heavy (non-hydrogen) atoms. The lowest BCUT2D eigenvalue weighted by Crippen LogP contribution is -2.38. The van der Waals surface area contributed by atoms with Gasteiger partial charge in [0.05, 0.1) is 17.4 Å². The number of anilines is 1. The van der Waals surface area contributed by atoms with Gasteiger partial charge < -0.3 is 10.2 Å². The molecule has 1 aromatic rings. The van der Waals surface area contributed by atoms with Crippen LogP contribution in [0.15, 0.2) is 12.3 Å². The third-order valence-electron chi connectivity index (χ3n) is 3.93. The number of nitrogens with one attached hydrogen (secondary N) is 1. The molecule has 0 spiro atoms. The summed E-state index contributed by atoms with van der Waals surface area (Å²) in [6, 6.07) is 2.76. The lowest BCUT2D eigenvalue weighted by Gasteiger charge is -2.30. The van der Waals surface area contributed by atoms with Gasteiger partial charge in [-0.25, -0.2) is 4.98 Å². The van der Waals surface area contributed by atoms with Crippen LogP contribution < -0.4 is 10.2 Å². The van der Waals surface area contributed by atoms with Crippen molar-refractivity contribution in [2.75, 3.05) is 18.0 Å². The zero-order valence-electron chi connectivity index (χ0n) is 10.2. The van der Waals surface area contributed by atoms with Crippen LogP contribution in [0.25, 0.3) is 0 Å². The summed E-state index contributed by atoms with van der Waals surface area (Å²) in [4.78, 5) is 6.15. The second kappa shape index (κ2) is 4.58. The fourth-order valence-electron chi connectivity index (χ4n) is 3.08. The SMILES string of the molecule is C#Cc1cc(N2[C@@H]3CCNC[C@H]2CC3)cnc1F. The molecule has 94 valence electrons. The van der Waals surface area contributed by atoms with Gasteiger partial charge in [0, 0.05) is 18.6 Å². The van der Waals surface area contributed by atoms with Crippen LogP contribution >= 0.6 is 0 Å². The highest BCUT2D eigenvalue weighted by atomic mass is 19.1. The number of halogens is 1. The van der Waals surface area contributed by atoms with Gasteiger partial charge in [-0.15, -0.1) is 6.42 Å². The van der Waals surface area contributed by atoms with Crippen molar-refractivity contribution >= 4 is 5.69 Å². The average Bonchev–Trinajstić information content (AvgIpc) is 2.64. The van der Waals surface area contributed by atoms with Gasteiger partial charge in [-0.3, -0.25) is 0 Å². The number of pyridine rings is 1. The first kappa shape index (κ1) is 11.5. The van der Waals surface area contributed by atoms with E-state index < -0.39 is 5.95 Å². The quantitative estimate of drug-likeness (QED) is 0.601. The van der Waals surface area contributed by atoms with Crippen molar-refractivity contribution in [2.45, 2.75) is 31.3 Å². The Kier molecular flexibility index (Phi) is 2.92. The fraction of sp³-hybridized carbons (Fsp3) is 0.500. The lowest BCUT2D eigenvalue weighted by molar-refractivity contribution is 0.567. The number of nitrogens with zero attached hydrogens (tertiary/aromatic N) is 2. The smallest absolute Gasteiger partial charge is 0.228 e. The molecule has 0 saturated carbocycles. The molecule has 0 radical (unpaired) electrons. The minimum atomic E-state index is -0.554. The van der Waals surface area contributed by atoms with E-state index in [1.54, 1.807) is 12.3 Å². The van der Waals surface area contributed by atoms with Crippen molar-refractivity contribution in [2.24, 2.45) is 0 Å². The summed E-state index contributed by atoms with van der Waals surface area (Å²) in [6.45, 7) is 2.04. The predicted octanol–water partition coefficient (Wildman–Crippen LogP) is 1.53. The minimum Gasteiger partial charge on any atom is -0.363 e. The summed E-state index contributed by atoms with van der Waals surface area (Å²) in [7, 11) is 0. The van der Waals surface area contributed by atoms with Gasteiger partial charge in [0.2, 0.25) is 5.95 Å². The molecule has 2 atom stereocenters. The Hall–Kier alpha value is -1.60. The molecule has 3 nitrogen and oxygen atoms in total. The van der Waals surface area contributed by atoms with Gasteiger partial charge in [-0.05, 0) is 31.9 Å². The Morgan fingerprint density at radius 2 is 2.22 bits per heavy atom. The Morgan fingerprint density at radius 3 is 3.06 bits per heavy atom. The number of aromatic nitrogens is 1. The van der Waals surface area contributed by atoms with E-state index in [-0.39, 0.29) is 5.56 Å². The molecule has 2 aliphatic rings. The van der Waals surface area contributed by atoms with Gasteiger partial charge in [-0.2, -0.15) is 4.39 Å². The van der Waals surface area contributed by atoms with Gasteiger partial charge in [0.25, 0.3) is 0 Å². The van der Waals surface area contributed by atoms with Crippen LogP contribution in [-0.4, -0.2) is 30.2 Å². The van der Waals surface area contributed by atoms with Crippen LogP contribution in [0.4, 0.5) is 10.1 Å². The van der Waals surface area contributed by atoms with E-state index in [9.17, 15) is 4.39 Å². The third kappa shape index (κ3) is 1.85. The highest BCUT2D eigenvalue weighted by molar-refractivity contribution is 5.53. The van der Waals surface area contributed by atoms with Crippen LogP contribution in [0.3, 0.4) is 0 Å². The molecule has 2 fully saturated rings. The molecule has 0 unspecified atom stereocenters. The number of hydrogen-bond donors (Lipinski definition) is 1. The van der Waals surface area contributed by atoms with Crippen molar-refractivity contribution in [1.82, 2.24) is 10.3 Å². The maximum absolute atomic E-state index is 13.3. The largest absolute Gasteiger partial charge is 0.363 e. The van der Waals surface area contributed by atoms with Gasteiger partial charge in [0.15, 0.2) is 0 Å². The zero-order valence-corrected chi connectivity index (χ0v) is 10.2. The van der Waals surface area contributed by atoms with Gasteiger partial charge in [0.1, 0.15) is 0 Å². The Morgan fingerprint density at radius 1 is 1.39 bits per heavy atom. The number of rotatable bonds is 1. The highest BCUT2D eigenvalue weighted by Crippen LogP contribution is 2.33. The lowest BCUT2D eigenvalue weighted by atomic mass is 10.1. The van der Waals surface area contributed by atoms with E-state index in [1.807, 2.05) is 0 Å². The normalized spacial score (nSPS) is 26.8. The van der Waals surface area contributed by atoms with Crippen LogP contribution in [0.1, 0.15) is 24.8 Å². The molecular weight excluding hydrogens is 229 g/mol. The van der Waals surface area contributed by atoms with Crippen molar-refractivity contribution in [3.8, 4) is 12.3 Å². The topological polar surface area (TPSA) is 28.2 Å². The summed E-state index contributed by atoms with van der Waals surface area (Å²) in [5.74, 6) is 1.81. The number of terminal acetylenes is 1. The van der Waals surface area contributed by atoms with Crippen molar-refractivity contribution in [1.29, 1.82) is 0 Å². The molecule has 1 N–H and O–H groups in total. The molecule has 0 aromatic carbocycles. The van der Waals surface area contributed by atoms with Crippen LogP contribution in [0.5, 0.6) is 0 Å². The highest BCUT2D eigenvalue weighted by Gasteiger charge is 2.35. The van der Waals surface area contributed by atoms with Crippen molar-refractivity contribution in [3.63, 3.8) is 0 Å². The molecular formula is C14H16FN3. The van der Waals surface area contributed by atoms with Crippen LogP contribution in [-0.2, 0) is 0 Å². The van der Waals surface area contributed by atoms with E-state index in [4.69, 9.17) is 6.42 Å². The molecule has 2 saturated heterocycles. The van der Waals surface area contributed by atoms with E-state index >= 15 is 0 Å². The Labute approximate surface area is 106 Å². The first-order chi connectivity index (χ1) is 8.79. The van der Waals surface area contributed by atoms with Gasteiger partial charge in [-0.1, -0.05) is 5.92 Å². The van der Waals surface area contributed by atoms with E-state index in [0.29, 0.717) is 12.1 Å². The monoisotopic (exact) mass is 245 g/mol. The second-order valence-electron chi connectivity index (χ2n) is 4.96. The Balaban J connectivity index is 1.97. The first-order valence-corrected chi connectivity index (χ1v) is 6.41. The van der Waals surface area contributed by atoms with Crippen LogP contribution in [0.2, 0.25) is 0 Å². The third-order valence-corrected chi connectivity index (χ3v) is 3.93. The van der Waals surface area contributed by atoms with E-state index in [1.165, 1.54) is 12.8 Å². The zero-order chi connectivity index (χ0) is 12.5. The summed E-state index contributed by atoms with van der Waals surface area (Å²) < 4.78 is 13.3. The molecule has 0 aliphatic carbocycles. The van der Waals surface area contributed by atoms with Crippen molar-refractivity contribution in [3.05, 3.63) is 23.8 Å². The summed E-state index contributed by atoms with van der Waals surface area (Å²) in [6.07, 6.45) is 10.4. The molecule has 4 heteroatoms. The van der Waals surface area contributed by atoms with E-state index in [2.05, 4.69) is 21.1 Å². The molecule has 2 bridgehead atoms.